The molecule has 0 bridgehead atoms. The first-order chi connectivity index (χ1) is 13.6. The van der Waals surface area contributed by atoms with Gasteiger partial charge in [0.25, 0.3) is 11.8 Å². The van der Waals surface area contributed by atoms with Gasteiger partial charge in [-0.3, -0.25) is 14.6 Å². The number of aryl methyl sites for hydroxylation is 1. The van der Waals surface area contributed by atoms with Crippen LogP contribution in [0, 0.1) is 6.92 Å². The number of nitrogens with zero attached hydrogens (tertiary/aromatic N) is 2. The molecule has 1 aromatic heterocycles. The molecule has 5 nitrogen and oxygen atoms in total. The standard InChI is InChI=1S/C23H23N3O2/c1-3-26(16-18-10-5-4-6-11-18)23(28)19-13-14-24-21(15-19)22(27)25-20-12-8-7-9-17(20)2/h4-15H,3,16H2,1-2H3,(H,25,27). The molecule has 5 heteroatoms. The van der Waals surface area contributed by atoms with Crippen molar-refractivity contribution in [2.45, 2.75) is 20.4 Å². The highest BCUT2D eigenvalue weighted by molar-refractivity contribution is 6.05. The fourth-order valence-corrected chi connectivity index (χ4v) is 2.90. The van der Waals surface area contributed by atoms with Crippen molar-refractivity contribution in [3.8, 4) is 0 Å². The Morgan fingerprint density at radius 2 is 1.71 bits per heavy atom. The summed E-state index contributed by atoms with van der Waals surface area (Å²) in [7, 11) is 0. The monoisotopic (exact) mass is 373 g/mol. The molecule has 0 saturated carbocycles. The van der Waals surface area contributed by atoms with Gasteiger partial charge in [-0.05, 0) is 43.2 Å². The Hall–Kier alpha value is -3.47. The van der Waals surface area contributed by atoms with Crippen LogP contribution in [0.4, 0.5) is 5.69 Å². The summed E-state index contributed by atoms with van der Waals surface area (Å²) in [6.45, 7) is 4.95. The fraction of sp³-hybridized carbons (Fsp3) is 0.174. The molecule has 28 heavy (non-hydrogen) atoms. The molecule has 142 valence electrons. The van der Waals surface area contributed by atoms with E-state index in [1.54, 1.807) is 17.0 Å². The molecule has 3 aromatic rings. The van der Waals surface area contributed by atoms with Gasteiger partial charge in [0.1, 0.15) is 5.69 Å². The van der Waals surface area contributed by atoms with Crippen LogP contribution in [0.2, 0.25) is 0 Å². The number of benzene rings is 2. The van der Waals surface area contributed by atoms with Gasteiger partial charge < -0.3 is 10.2 Å². The van der Waals surface area contributed by atoms with Gasteiger partial charge in [-0.2, -0.15) is 0 Å². The zero-order valence-electron chi connectivity index (χ0n) is 16.1. The number of amides is 2. The molecule has 3 rings (SSSR count). The second kappa shape index (κ2) is 8.95. The van der Waals surface area contributed by atoms with Gasteiger partial charge in [-0.25, -0.2) is 0 Å². The van der Waals surface area contributed by atoms with Gasteiger partial charge >= 0.3 is 0 Å². The molecule has 0 saturated heterocycles. The second-order valence-corrected chi connectivity index (χ2v) is 6.50. The number of rotatable bonds is 6. The van der Waals surface area contributed by atoms with Crippen molar-refractivity contribution >= 4 is 17.5 Å². The van der Waals surface area contributed by atoms with Gasteiger partial charge in [0.2, 0.25) is 0 Å². The summed E-state index contributed by atoms with van der Waals surface area (Å²) in [6, 6.07) is 20.5. The first-order valence-electron chi connectivity index (χ1n) is 9.24. The van der Waals surface area contributed by atoms with E-state index in [0.29, 0.717) is 18.7 Å². The van der Waals surface area contributed by atoms with Crippen LogP contribution in [0.3, 0.4) is 0 Å². The van der Waals surface area contributed by atoms with E-state index in [9.17, 15) is 9.59 Å². The predicted molar refractivity (Wildman–Crippen MR) is 110 cm³/mol. The lowest BCUT2D eigenvalue weighted by atomic mass is 10.1. The predicted octanol–water partition coefficient (Wildman–Crippen LogP) is 4.30. The summed E-state index contributed by atoms with van der Waals surface area (Å²) in [5.41, 5.74) is 3.41. The Morgan fingerprint density at radius 1 is 1.00 bits per heavy atom. The van der Waals surface area contributed by atoms with E-state index >= 15 is 0 Å². The lowest BCUT2D eigenvalue weighted by Crippen LogP contribution is -2.30. The van der Waals surface area contributed by atoms with Gasteiger partial charge in [0.05, 0.1) is 0 Å². The molecular weight excluding hydrogens is 350 g/mol. The van der Waals surface area contributed by atoms with Crippen LogP contribution >= 0.6 is 0 Å². The van der Waals surface area contributed by atoms with E-state index in [4.69, 9.17) is 0 Å². The molecule has 0 spiro atoms. The molecule has 0 unspecified atom stereocenters. The third-order valence-electron chi connectivity index (χ3n) is 4.52. The van der Waals surface area contributed by atoms with Crippen molar-refractivity contribution in [3.63, 3.8) is 0 Å². The summed E-state index contributed by atoms with van der Waals surface area (Å²) < 4.78 is 0. The number of hydrogen-bond donors (Lipinski definition) is 1. The Morgan fingerprint density at radius 3 is 2.43 bits per heavy atom. The lowest BCUT2D eigenvalue weighted by molar-refractivity contribution is 0.0752. The van der Waals surface area contributed by atoms with Crippen LogP contribution in [0.1, 0.15) is 38.9 Å². The SMILES string of the molecule is CCN(Cc1ccccc1)C(=O)c1ccnc(C(=O)Nc2ccccc2C)c1. The van der Waals surface area contributed by atoms with E-state index < -0.39 is 0 Å². The molecule has 2 amide bonds. The fourth-order valence-electron chi connectivity index (χ4n) is 2.90. The topological polar surface area (TPSA) is 62.3 Å². The van der Waals surface area contributed by atoms with Crippen LogP contribution in [-0.4, -0.2) is 28.2 Å². The van der Waals surface area contributed by atoms with Gasteiger partial charge in [-0.1, -0.05) is 48.5 Å². The van der Waals surface area contributed by atoms with Crippen molar-refractivity contribution in [2.24, 2.45) is 0 Å². The molecule has 0 aliphatic carbocycles. The third kappa shape index (κ3) is 4.62. The zero-order chi connectivity index (χ0) is 19.9. The van der Waals surface area contributed by atoms with E-state index in [-0.39, 0.29) is 17.5 Å². The summed E-state index contributed by atoms with van der Waals surface area (Å²) in [5.74, 6) is -0.464. The van der Waals surface area contributed by atoms with Crippen LogP contribution in [0.5, 0.6) is 0 Å². The number of nitrogens with one attached hydrogen (secondary N) is 1. The minimum atomic E-state index is -0.338. The number of carbonyl (C=O) groups excluding carboxylic acids is 2. The number of hydrogen-bond acceptors (Lipinski definition) is 3. The van der Waals surface area contributed by atoms with E-state index in [0.717, 1.165) is 16.8 Å². The average molecular weight is 373 g/mol. The molecule has 0 radical (unpaired) electrons. The summed E-state index contributed by atoms with van der Waals surface area (Å²) in [4.78, 5) is 31.4. The molecular formula is C23H23N3O2. The average Bonchev–Trinajstić information content (AvgIpc) is 2.74. The number of carbonyl (C=O) groups is 2. The minimum Gasteiger partial charge on any atom is -0.335 e. The maximum atomic E-state index is 12.9. The smallest absolute Gasteiger partial charge is 0.274 e. The highest BCUT2D eigenvalue weighted by Gasteiger charge is 2.17. The largest absolute Gasteiger partial charge is 0.335 e. The van der Waals surface area contributed by atoms with Gasteiger partial charge in [0.15, 0.2) is 0 Å². The van der Waals surface area contributed by atoms with E-state index in [1.807, 2.05) is 68.4 Å². The van der Waals surface area contributed by atoms with Gasteiger partial charge in [-0.15, -0.1) is 0 Å². The van der Waals surface area contributed by atoms with E-state index in [2.05, 4.69) is 10.3 Å². The summed E-state index contributed by atoms with van der Waals surface area (Å²) in [6.07, 6.45) is 1.50. The molecule has 0 aliphatic heterocycles. The van der Waals surface area contributed by atoms with Crippen LogP contribution in [0.15, 0.2) is 72.9 Å². The van der Waals surface area contributed by atoms with Crippen LogP contribution in [-0.2, 0) is 6.54 Å². The van der Waals surface area contributed by atoms with E-state index in [1.165, 1.54) is 6.20 Å². The Labute approximate surface area is 165 Å². The maximum absolute atomic E-state index is 12.9. The minimum absolute atomic E-state index is 0.126. The molecule has 1 heterocycles. The molecule has 2 aromatic carbocycles. The first-order valence-corrected chi connectivity index (χ1v) is 9.24. The van der Waals surface area contributed by atoms with Crippen molar-refractivity contribution in [1.82, 2.24) is 9.88 Å². The Balaban J connectivity index is 1.77. The molecule has 0 fully saturated rings. The number of pyridine rings is 1. The molecule has 0 atom stereocenters. The lowest BCUT2D eigenvalue weighted by Gasteiger charge is -2.21. The highest BCUT2D eigenvalue weighted by atomic mass is 16.2. The van der Waals surface area contributed by atoms with Crippen molar-refractivity contribution in [2.75, 3.05) is 11.9 Å². The Bertz CT molecular complexity index is 970. The Kier molecular flexibility index (Phi) is 6.17. The van der Waals surface area contributed by atoms with Gasteiger partial charge in [0, 0.05) is 30.5 Å². The van der Waals surface area contributed by atoms with Crippen molar-refractivity contribution < 1.29 is 9.59 Å². The highest BCUT2D eigenvalue weighted by Crippen LogP contribution is 2.15. The van der Waals surface area contributed by atoms with Crippen molar-refractivity contribution in [1.29, 1.82) is 0 Å². The molecule has 1 N–H and O–H groups in total. The van der Waals surface area contributed by atoms with Crippen LogP contribution < -0.4 is 5.32 Å². The number of anilines is 1. The third-order valence-corrected chi connectivity index (χ3v) is 4.52. The molecule has 0 aliphatic rings. The summed E-state index contributed by atoms with van der Waals surface area (Å²) >= 11 is 0. The van der Waals surface area contributed by atoms with Crippen LogP contribution in [0.25, 0.3) is 0 Å². The summed E-state index contributed by atoms with van der Waals surface area (Å²) in [5, 5.41) is 2.85. The normalized spacial score (nSPS) is 10.4. The number of aromatic nitrogens is 1. The number of para-hydroxylation sites is 1. The quantitative estimate of drug-likeness (QED) is 0.700. The van der Waals surface area contributed by atoms with Crippen molar-refractivity contribution in [3.05, 3.63) is 95.3 Å². The first kappa shape index (κ1) is 19.3. The zero-order valence-corrected chi connectivity index (χ0v) is 16.1. The maximum Gasteiger partial charge on any atom is 0.274 e. The second-order valence-electron chi connectivity index (χ2n) is 6.50.